The molecule has 0 bridgehead atoms. The zero-order chi connectivity index (χ0) is 14.7. The predicted molar refractivity (Wildman–Crippen MR) is 73.5 cm³/mol. The highest BCUT2D eigenvalue weighted by molar-refractivity contribution is 7.89. The molecule has 0 spiro atoms. The molecule has 0 aliphatic rings. The molecule has 0 aromatic heterocycles. The molecular weight excluding hydrogens is 268 g/mol. The van der Waals surface area contributed by atoms with E-state index in [0.717, 1.165) is 0 Å². The quantitative estimate of drug-likeness (QED) is 0.669. The largest absolute Gasteiger partial charge is 0.495 e. The molecule has 6 nitrogen and oxygen atoms in total. The molecule has 1 aromatic carbocycles. The lowest BCUT2D eigenvalue weighted by Crippen LogP contribution is -2.40. The van der Waals surface area contributed by atoms with E-state index in [1.54, 1.807) is 13.8 Å². The fourth-order valence-corrected chi connectivity index (χ4v) is 2.54. The molecule has 1 atom stereocenters. The van der Waals surface area contributed by atoms with Gasteiger partial charge in [-0.25, -0.2) is 13.1 Å². The first-order valence-corrected chi connectivity index (χ1v) is 7.36. The van der Waals surface area contributed by atoms with Crippen LogP contribution in [0.25, 0.3) is 0 Å². The van der Waals surface area contributed by atoms with Gasteiger partial charge >= 0.3 is 0 Å². The number of methoxy groups -OCH3 is 1. The molecule has 0 fully saturated rings. The topological polar surface area (TPSA) is 102 Å². The lowest BCUT2D eigenvalue weighted by Gasteiger charge is -2.21. The van der Waals surface area contributed by atoms with E-state index in [4.69, 9.17) is 10.5 Å². The van der Waals surface area contributed by atoms with Crippen molar-refractivity contribution < 1.29 is 18.3 Å². The van der Waals surface area contributed by atoms with Crippen LogP contribution in [-0.2, 0) is 10.0 Å². The minimum atomic E-state index is -3.70. The van der Waals surface area contributed by atoms with Gasteiger partial charge in [-0.15, -0.1) is 0 Å². The maximum atomic E-state index is 12.0. The van der Waals surface area contributed by atoms with Gasteiger partial charge in [-0.1, -0.05) is 6.92 Å². The van der Waals surface area contributed by atoms with E-state index in [-0.39, 0.29) is 17.1 Å². The molecule has 0 saturated heterocycles. The normalized spacial score (nSPS) is 14.9. The van der Waals surface area contributed by atoms with E-state index in [1.165, 1.54) is 25.3 Å². The molecule has 7 heteroatoms. The first-order valence-electron chi connectivity index (χ1n) is 5.87. The van der Waals surface area contributed by atoms with Gasteiger partial charge in [-0.2, -0.15) is 0 Å². The second-order valence-electron chi connectivity index (χ2n) is 4.58. The Balaban J connectivity index is 2.92. The van der Waals surface area contributed by atoms with Crippen LogP contribution in [0.2, 0.25) is 0 Å². The van der Waals surface area contributed by atoms with Gasteiger partial charge in [0.25, 0.3) is 0 Å². The monoisotopic (exact) mass is 288 g/mol. The standard InChI is InChI=1S/C12H20N2O4S/c1-4-12(2,15)8-14-19(16,17)9-5-6-11(18-3)10(13)7-9/h5-7,14-15H,4,8,13H2,1-3H3. The number of hydrogen-bond donors (Lipinski definition) is 3. The van der Waals surface area contributed by atoms with Crippen LogP contribution in [0, 0.1) is 0 Å². The molecule has 0 saturated carbocycles. The van der Waals surface area contributed by atoms with Gasteiger partial charge in [-0.05, 0) is 31.5 Å². The molecule has 0 heterocycles. The third-order valence-corrected chi connectivity index (χ3v) is 4.32. The highest BCUT2D eigenvalue weighted by Gasteiger charge is 2.22. The number of hydrogen-bond acceptors (Lipinski definition) is 5. The number of rotatable bonds is 6. The van der Waals surface area contributed by atoms with Crippen molar-refractivity contribution in [2.75, 3.05) is 19.4 Å². The van der Waals surface area contributed by atoms with Crippen LogP contribution in [0.5, 0.6) is 5.75 Å². The minimum absolute atomic E-state index is 0.0395. The van der Waals surface area contributed by atoms with Gasteiger partial charge in [0.1, 0.15) is 5.75 Å². The van der Waals surface area contributed by atoms with Crippen LogP contribution in [0.1, 0.15) is 20.3 Å². The average Bonchev–Trinajstić information content (AvgIpc) is 2.36. The number of nitrogen functional groups attached to an aromatic ring is 1. The number of benzene rings is 1. The van der Waals surface area contributed by atoms with Gasteiger partial charge in [0.05, 0.1) is 23.3 Å². The van der Waals surface area contributed by atoms with E-state index in [1.807, 2.05) is 0 Å². The van der Waals surface area contributed by atoms with Crippen LogP contribution in [0.15, 0.2) is 23.1 Å². The number of nitrogens with two attached hydrogens (primary N) is 1. The summed E-state index contributed by atoms with van der Waals surface area (Å²) >= 11 is 0. The van der Waals surface area contributed by atoms with E-state index >= 15 is 0 Å². The van der Waals surface area contributed by atoms with E-state index in [2.05, 4.69) is 4.72 Å². The summed E-state index contributed by atoms with van der Waals surface area (Å²) < 4.78 is 31.4. The van der Waals surface area contributed by atoms with E-state index in [0.29, 0.717) is 12.2 Å². The summed E-state index contributed by atoms with van der Waals surface area (Å²) in [7, 11) is -2.24. The molecule has 1 rings (SSSR count). The molecule has 0 amide bonds. The smallest absolute Gasteiger partial charge is 0.240 e. The number of ether oxygens (including phenoxy) is 1. The maximum absolute atomic E-state index is 12.0. The Bertz CT molecular complexity index is 541. The summed E-state index contributed by atoms with van der Waals surface area (Å²) in [4.78, 5) is 0.0395. The summed E-state index contributed by atoms with van der Waals surface area (Å²) in [6.45, 7) is 3.29. The Labute approximate surface area is 113 Å². The third kappa shape index (κ3) is 4.09. The van der Waals surface area contributed by atoms with Crippen LogP contribution in [-0.4, -0.2) is 32.8 Å². The Morgan fingerprint density at radius 2 is 2.11 bits per heavy atom. The molecule has 0 radical (unpaired) electrons. The Kier molecular flexibility index (Phi) is 4.78. The summed E-state index contributed by atoms with van der Waals surface area (Å²) in [6, 6.07) is 4.21. The van der Waals surface area contributed by atoms with Gasteiger partial charge < -0.3 is 15.6 Å². The van der Waals surface area contributed by atoms with Crippen molar-refractivity contribution in [1.82, 2.24) is 4.72 Å². The molecule has 108 valence electrons. The van der Waals surface area contributed by atoms with Crippen molar-refractivity contribution in [1.29, 1.82) is 0 Å². The van der Waals surface area contributed by atoms with Crippen LogP contribution in [0.3, 0.4) is 0 Å². The molecule has 0 aliphatic heterocycles. The number of anilines is 1. The van der Waals surface area contributed by atoms with E-state index in [9.17, 15) is 13.5 Å². The van der Waals surface area contributed by atoms with E-state index < -0.39 is 15.6 Å². The summed E-state index contributed by atoms with van der Waals surface area (Å²) in [6.07, 6.45) is 0.445. The van der Waals surface area contributed by atoms with Gasteiger partial charge in [0.2, 0.25) is 10.0 Å². The SMILES string of the molecule is CCC(C)(O)CNS(=O)(=O)c1ccc(OC)c(N)c1. The van der Waals surface area contributed by atoms with Crippen molar-refractivity contribution in [3.05, 3.63) is 18.2 Å². The molecule has 1 aromatic rings. The Morgan fingerprint density at radius 1 is 1.47 bits per heavy atom. The predicted octanol–water partition coefficient (Wildman–Crippen LogP) is 0.717. The number of sulfonamides is 1. The van der Waals surface area contributed by atoms with Crippen molar-refractivity contribution in [3.63, 3.8) is 0 Å². The molecular formula is C12H20N2O4S. The zero-order valence-electron chi connectivity index (χ0n) is 11.3. The maximum Gasteiger partial charge on any atom is 0.240 e. The first-order chi connectivity index (χ1) is 8.72. The highest BCUT2D eigenvalue weighted by Crippen LogP contribution is 2.24. The van der Waals surface area contributed by atoms with Crippen LogP contribution in [0.4, 0.5) is 5.69 Å². The summed E-state index contributed by atoms with van der Waals surface area (Å²) in [5, 5.41) is 9.80. The molecule has 1 unspecified atom stereocenters. The fourth-order valence-electron chi connectivity index (χ4n) is 1.34. The second kappa shape index (κ2) is 5.77. The first kappa shape index (κ1) is 15.7. The van der Waals surface area contributed by atoms with Crippen molar-refractivity contribution in [2.24, 2.45) is 0 Å². The number of nitrogens with one attached hydrogen (secondary N) is 1. The zero-order valence-corrected chi connectivity index (χ0v) is 12.1. The minimum Gasteiger partial charge on any atom is -0.495 e. The molecule has 19 heavy (non-hydrogen) atoms. The summed E-state index contributed by atoms with van der Waals surface area (Å²) in [5.41, 5.74) is 4.83. The van der Waals surface area contributed by atoms with Crippen LogP contribution < -0.4 is 15.2 Å². The average molecular weight is 288 g/mol. The van der Waals surface area contributed by atoms with Gasteiger partial charge in [0, 0.05) is 6.54 Å². The number of aliphatic hydroxyl groups is 1. The van der Waals surface area contributed by atoms with Crippen molar-refractivity contribution >= 4 is 15.7 Å². The highest BCUT2D eigenvalue weighted by atomic mass is 32.2. The van der Waals surface area contributed by atoms with Crippen LogP contribution >= 0.6 is 0 Å². The Morgan fingerprint density at radius 3 is 2.58 bits per heavy atom. The van der Waals surface area contributed by atoms with Crippen molar-refractivity contribution in [2.45, 2.75) is 30.8 Å². The molecule has 4 N–H and O–H groups in total. The second-order valence-corrected chi connectivity index (χ2v) is 6.35. The van der Waals surface area contributed by atoms with Crippen molar-refractivity contribution in [3.8, 4) is 5.75 Å². The lowest BCUT2D eigenvalue weighted by atomic mass is 10.1. The summed E-state index contributed by atoms with van der Waals surface area (Å²) in [5.74, 6) is 0.416. The molecule has 0 aliphatic carbocycles. The third-order valence-electron chi connectivity index (χ3n) is 2.92. The fraction of sp³-hybridized carbons (Fsp3) is 0.500. The van der Waals surface area contributed by atoms with Gasteiger partial charge in [0.15, 0.2) is 0 Å². The Hall–Kier alpha value is -1.31. The lowest BCUT2D eigenvalue weighted by molar-refractivity contribution is 0.0613. The van der Waals surface area contributed by atoms with Gasteiger partial charge in [-0.3, -0.25) is 0 Å².